The van der Waals surface area contributed by atoms with Gasteiger partial charge in [0.05, 0.1) is 6.61 Å². The van der Waals surface area contributed by atoms with Crippen molar-refractivity contribution in [1.29, 1.82) is 0 Å². The molecule has 0 aromatic heterocycles. The van der Waals surface area contributed by atoms with Gasteiger partial charge in [0.25, 0.3) is 0 Å². The first-order valence-electron chi connectivity index (χ1n) is 7.66. The summed E-state index contributed by atoms with van der Waals surface area (Å²) >= 11 is 0. The first-order valence-corrected chi connectivity index (χ1v) is 7.66. The third-order valence-electron chi connectivity index (χ3n) is 3.85. The van der Waals surface area contributed by atoms with Gasteiger partial charge >= 0.3 is 5.97 Å². The van der Waals surface area contributed by atoms with Crippen LogP contribution >= 0.6 is 0 Å². The topological polar surface area (TPSA) is 46.5 Å². The van der Waals surface area contributed by atoms with E-state index >= 15 is 0 Å². The number of rotatable bonds is 5. The highest BCUT2D eigenvalue weighted by Gasteiger charge is 2.22. The van der Waals surface area contributed by atoms with Crippen molar-refractivity contribution in [3.8, 4) is 5.75 Å². The van der Waals surface area contributed by atoms with Crippen molar-refractivity contribution < 1.29 is 14.6 Å². The molecule has 1 aromatic carbocycles. The Kier molecular flexibility index (Phi) is 5.82. The zero-order valence-corrected chi connectivity index (χ0v) is 14.2. The Bertz CT molecular complexity index is 510. The zero-order chi connectivity index (χ0) is 16.2. The van der Waals surface area contributed by atoms with E-state index in [9.17, 15) is 9.90 Å². The van der Waals surface area contributed by atoms with E-state index < -0.39 is 0 Å². The number of phenolic OH excluding ortho intramolecular Hbond substituents is 1. The standard InChI is InChI=1S/C18H28O3/c1-7-10-21-16(19)9-8-14-11-15(18(4,5)6)17(20)13(3)12(14)2/h11,20H,7-10H2,1-6H3. The maximum atomic E-state index is 11.6. The van der Waals surface area contributed by atoms with Gasteiger partial charge in [0.1, 0.15) is 5.75 Å². The molecule has 0 spiro atoms. The fourth-order valence-corrected chi connectivity index (χ4v) is 2.33. The summed E-state index contributed by atoms with van der Waals surface area (Å²) in [5.74, 6) is 0.219. The van der Waals surface area contributed by atoms with Crippen LogP contribution in [0.25, 0.3) is 0 Å². The van der Waals surface area contributed by atoms with E-state index in [0.717, 1.165) is 28.7 Å². The molecule has 0 atom stereocenters. The fourth-order valence-electron chi connectivity index (χ4n) is 2.33. The Labute approximate surface area is 128 Å². The van der Waals surface area contributed by atoms with Crippen LogP contribution in [0.3, 0.4) is 0 Å². The minimum atomic E-state index is -0.153. The monoisotopic (exact) mass is 292 g/mol. The average Bonchev–Trinajstić information content (AvgIpc) is 2.40. The number of carbonyl (C=O) groups excluding carboxylic acids is 1. The summed E-state index contributed by atoms with van der Waals surface area (Å²) in [6, 6.07) is 2.03. The van der Waals surface area contributed by atoms with Crippen LogP contribution in [0.4, 0.5) is 0 Å². The lowest BCUT2D eigenvalue weighted by atomic mass is 9.82. The Hall–Kier alpha value is -1.51. The van der Waals surface area contributed by atoms with Crippen LogP contribution < -0.4 is 0 Å². The number of hydrogen-bond donors (Lipinski definition) is 1. The van der Waals surface area contributed by atoms with Gasteiger partial charge in [0.15, 0.2) is 0 Å². The van der Waals surface area contributed by atoms with E-state index in [1.807, 2.05) is 26.8 Å². The van der Waals surface area contributed by atoms with Gasteiger partial charge < -0.3 is 9.84 Å². The van der Waals surface area contributed by atoms with E-state index in [1.165, 1.54) is 0 Å². The Morgan fingerprint density at radius 1 is 1.24 bits per heavy atom. The molecule has 1 rings (SSSR count). The first-order chi connectivity index (χ1) is 9.68. The van der Waals surface area contributed by atoms with E-state index in [0.29, 0.717) is 25.2 Å². The van der Waals surface area contributed by atoms with Crippen LogP contribution in [-0.2, 0) is 21.4 Å². The van der Waals surface area contributed by atoms with Crippen LogP contribution in [0.1, 0.15) is 62.8 Å². The van der Waals surface area contributed by atoms with Gasteiger partial charge in [-0.2, -0.15) is 0 Å². The molecule has 0 amide bonds. The van der Waals surface area contributed by atoms with Crippen molar-refractivity contribution in [3.63, 3.8) is 0 Å². The zero-order valence-electron chi connectivity index (χ0n) is 14.2. The Morgan fingerprint density at radius 3 is 2.38 bits per heavy atom. The summed E-state index contributed by atoms with van der Waals surface area (Å²) in [5.41, 5.74) is 3.88. The van der Waals surface area contributed by atoms with E-state index in [2.05, 4.69) is 20.8 Å². The quantitative estimate of drug-likeness (QED) is 0.828. The molecule has 0 aliphatic heterocycles. The maximum absolute atomic E-state index is 11.6. The Morgan fingerprint density at radius 2 is 1.86 bits per heavy atom. The average molecular weight is 292 g/mol. The second-order valence-corrected chi connectivity index (χ2v) is 6.65. The number of benzene rings is 1. The highest BCUT2D eigenvalue weighted by molar-refractivity contribution is 5.70. The lowest BCUT2D eigenvalue weighted by Gasteiger charge is -2.24. The number of carbonyl (C=O) groups is 1. The van der Waals surface area contributed by atoms with Crippen molar-refractivity contribution in [3.05, 3.63) is 28.3 Å². The van der Waals surface area contributed by atoms with Crippen molar-refractivity contribution in [2.75, 3.05) is 6.61 Å². The third-order valence-corrected chi connectivity index (χ3v) is 3.85. The van der Waals surface area contributed by atoms with Crippen molar-refractivity contribution >= 4 is 5.97 Å². The number of esters is 1. The highest BCUT2D eigenvalue weighted by atomic mass is 16.5. The molecule has 0 aliphatic carbocycles. The predicted molar refractivity (Wildman–Crippen MR) is 85.9 cm³/mol. The van der Waals surface area contributed by atoms with Crippen molar-refractivity contribution in [2.45, 2.75) is 66.2 Å². The van der Waals surface area contributed by atoms with E-state index in [4.69, 9.17) is 4.74 Å². The molecule has 0 heterocycles. The van der Waals surface area contributed by atoms with Crippen LogP contribution in [0.2, 0.25) is 0 Å². The molecule has 118 valence electrons. The first kappa shape index (κ1) is 17.5. The lowest BCUT2D eigenvalue weighted by molar-refractivity contribution is -0.143. The van der Waals surface area contributed by atoms with E-state index in [1.54, 1.807) is 0 Å². The number of phenols is 1. The maximum Gasteiger partial charge on any atom is 0.306 e. The summed E-state index contributed by atoms with van der Waals surface area (Å²) in [5, 5.41) is 10.3. The van der Waals surface area contributed by atoms with Crippen LogP contribution in [0.15, 0.2) is 6.07 Å². The fraction of sp³-hybridized carbons (Fsp3) is 0.611. The predicted octanol–water partition coefficient (Wildman–Crippen LogP) is 4.19. The van der Waals surface area contributed by atoms with Gasteiger partial charge in [-0.3, -0.25) is 4.79 Å². The van der Waals surface area contributed by atoms with Crippen molar-refractivity contribution in [1.82, 2.24) is 0 Å². The summed E-state index contributed by atoms with van der Waals surface area (Å²) in [6.07, 6.45) is 1.88. The summed E-state index contributed by atoms with van der Waals surface area (Å²) in [6.45, 7) is 12.6. The molecule has 0 saturated carbocycles. The smallest absolute Gasteiger partial charge is 0.306 e. The lowest BCUT2D eigenvalue weighted by Crippen LogP contribution is -2.14. The second kappa shape index (κ2) is 6.97. The number of aromatic hydroxyl groups is 1. The van der Waals surface area contributed by atoms with Gasteiger partial charge in [0, 0.05) is 6.42 Å². The summed E-state index contributed by atoms with van der Waals surface area (Å²) in [4.78, 5) is 11.6. The van der Waals surface area contributed by atoms with Gasteiger partial charge in [-0.1, -0.05) is 33.8 Å². The van der Waals surface area contributed by atoms with E-state index in [-0.39, 0.29) is 11.4 Å². The molecular weight excluding hydrogens is 264 g/mol. The molecule has 3 nitrogen and oxygen atoms in total. The largest absolute Gasteiger partial charge is 0.507 e. The normalized spacial score (nSPS) is 11.5. The molecule has 1 aromatic rings. The minimum absolute atomic E-state index is 0.125. The van der Waals surface area contributed by atoms with Gasteiger partial charge in [-0.25, -0.2) is 0 Å². The number of ether oxygens (including phenoxy) is 1. The molecule has 0 bridgehead atoms. The molecular formula is C18H28O3. The summed E-state index contributed by atoms with van der Waals surface area (Å²) < 4.78 is 5.12. The Balaban J connectivity index is 2.98. The molecule has 0 aliphatic rings. The number of hydrogen-bond acceptors (Lipinski definition) is 3. The van der Waals surface area contributed by atoms with Crippen molar-refractivity contribution in [2.24, 2.45) is 0 Å². The number of aryl methyl sites for hydroxylation is 1. The molecule has 0 unspecified atom stereocenters. The van der Waals surface area contributed by atoms with Gasteiger partial charge in [0.2, 0.25) is 0 Å². The van der Waals surface area contributed by atoms with Crippen LogP contribution in [0.5, 0.6) is 5.75 Å². The molecule has 21 heavy (non-hydrogen) atoms. The minimum Gasteiger partial charge on any atom is -0.507 e. The SMILES string of the molecule is CCCOC(=O)CCc1cc(C(C)(C)C)c(O)c(C)c1C. The third kappa shape index (κ3) is 4.48. The second-order valence-electron chi connectivity index (χ2n) is 6.65. The molecule has 1 N–H and O–H groups in total. The van der Waals surface area contributed by atoms with Crippen LogP contribution in [-0.4, -0.2) is 17.7 Å². The highest BCUT2D eigenvalue weighted by Crippen LogP contribution is 2.36. The van der Waals surface area contributed by atoms with Gasteiger partial charge in [-0.05, 0) is 54.4 Å². The molecule has 0 radical (unpaired) electrons. The molecule has 0 fully saturated rings. The summed E-state index contributed by atoms with van der Waals surface area (Å²) in [7, 11) is 0. The van der Waals surface area contributed by atoms with Gasteiger partial charge in [-0.15, -0.1) is 0 Å². The van der Waals surface area contributed by atoms with Crippen LogP contribution in [0, 0.1) is 13.8 Å². The molecule has 0 saturated heterocycles. The molecule has 3 heteroatoms.